The number of para-hydroxylation sites is 1. The second-order valence-electron chi connectivity index (χ2n) is 4.94. The van der Waals surface area contributed by atoms with Gasteiger partial charge < -0.3 is 19.8 Å². The highest BCUT2D eigenvalue weighted by atomic mass is 35.5. The van der Waals surface area contributed by atoms with Crippen LogP contribution >= 0.6 is 23.8 Å². The van der Waals surface area contributed by atoms with E-state index in [1.807, 2.05) is 42.5 Å². The van der Waals surface area contributed by atoms with Crippen molar-refractivity contribution in [2.45, 2.75) is 6.54 Å². The van der Waals surface area contributed by atoms with Gasteiger partial charge in [0.25, 0.3) is 0 Å². The zero-order valence-electron chi connectivity index (χ0n) is 12.7. The SMILES string of the molecule is S=C(NCc1ccco1)Nc1cc(Cl)ccc1Oc1ccccc1. The third-order valence-corrected chi connectivity index (χ3v) is 3.65. The molecule has 3 aromatic rings. The number of halogens is 1. The van der Waals surface area contributed by atoms with Gasteiger partial charge >= 0.3 is 0 Å². The summed E-state index contributed by atoms with van der Waals surface area (Å²) >= 11 is 11.4. The Morgan fingerprint density at radius 3 is 2.67 bits per heavy atom. The Hall–Kier alpha value is -2.50. The molecule has 3 rings (SSSR count). The molecule has 0 amide bonds. The second-order valence-corrected chi connectivity index (χ2v) is 5.79. The zero-order chi connectivity index (χ0) is 16.8. The molecule has 6 heteroatoms. The molecule has 4 nitrogen and oxygen atoms in total. The van der Waals surface area contributed by atoms with Gasteiger partial charge in [-0.15, -0.1) is 0 Å². The largest absolute Gasteiger partial charge is 0.467 e. The highest BCUT2D eigenvalue weighted by molar-refractivity contribution is 7.80. The number of furan rings is 1. The summed E-state index contributed by atoms with van der Waals surface area (Å²) in [5.41, 5.74) is 0.684. The van der Waals surface area contributed by atoms with Crippen molar-refractivity contribution in [2.75, 3.05) is 5.32 Å². The van der Waals surface area contributed by atoms with E-state index in [0.717, 1.165) is 11.5 Å². The highest BCUT2D eigenvalue weighted by Crippen LogP contribution is 2.31. The molecule has 0 saturated carbocycles. The van der Waals surface area contributed by atoms with Crippen LogP contribution in [-0.4, -0.2) is 5.11 Å². The maximum Gasteiger partial charge on any atom is 0.171 e. The van der Waals surface area contributed by atoms with E-state index in [2.05, 4.69) is 10.6 Å². The van der Waals surface area contributed by atoms with Gasteiger partial charge in [-0.1, -0.05) is 29.8 Å². The molecule has 0 unspecified atom stereocenters. The van der Waals surface area contributed by atoms with Gasteiger partial charge in [0.1, 0.15) is 11.5 Å². The number of rotatable bonds is 5. The molecule has 2 N–H and O–H groups in total. The van der Waals surface area contributed by atoms with E-state index < -0.39 is 0 Å². The molecule has 0 aliphatic heterocycles. The number of anilines is 1. The van der Waals surface area contributed by atoms with Crippen molar-refractivity contribution < 1.29 is 9.15 Å². The molecule has 1 aromatic heterocycles. The van der Waals surface area contributed by atoms with E-state index in [4.69, 9.17) is 33.0 Å². The first-order valence-electron chi connectivity index (χ1n) is 7.30. The summed E-state index contributed by atoms with van der Waals surface area (Å²) in [6.45, 7) is 0.494. The maximum absolute atomic E-state index is 6.09. The molecule has 24 heavy (non-hydrogen) atoms. The number of benzene rings is 2. The molecule has 122 valence electrons. The van der Waals surface area contributed by atoms with Gasteiger partial charge in [-0.3, -0.25) is 0 Å². The number of ether oxygens (including phenoxy) is 1. The van der Waals surface area contributed by atoms with E-state index >= 15 is 0 Å². The third kappa shape index (κ3) is 4.50. The van der Waals surface area contributed by atoms with Crippen LogP contribution in [0.4, 0.5) is 5.69 Å². The number of hydrogen-bond donors (Lipinski definition) is 2. The predicted octanol–water partition coefficient (Wildman–Crippen LogP) is 5.21. The molecule has 0 saturated heterocycles. The lowest BCUT2D eigenvalue weighted by Gasteiger charge is -2.14. The summed E-state index contributed by atoms with van der Waals surface area (Å²) in [6, 6.07) is 18.5. The van der Waals surface area contributed by atoms with Crippen LogP contribution in [-0.2, 0) is 6.54 Å². The molecule has 0 aliphatic carbocycles. The van der Waals surface area contributed by atoms with Crippen molar-refractivity contribution in [3.05, 3.63) is 77.7 Å². The van der Waals surface area contributed by atoms with Gasteiger partial charge in [0.05, 0.1) is 18.5 Å². The van der Waals surface area contributed by atoms with Crippen molar-refractivity contribution in [1.82, 2.24) is 5.32 Å². The Labute approximate surface area is 150 Å². The first-order chi connectivity index (χ1) is 11.7. The topological polar surface area (TPSA) is 46.4 Å². The molecule has 2 aromatic carbocycles. The van der Waals surface area contributed by atoms with Gasteiger partial charge in [0.15, 0.2) is 10.9 Å². The Balaban J connectivity index is 1.69. The quantitative estimate of drug-likeness (QED) is 0.613. The standard InChI is InChI=1S/C18H15ClN2O2S/c19-13-8-9-17(23-14-5-2-1-3-6-14)16(11-13)21-18(24)20-12-15-7-4-10-22-15/h1-11H,12H2,(H2,20,21,24). The third-order valence-electron chi connectivity index (χ3n) is 3.16. The van der Waals surface area contributed by atoms with Crippen LogP contribution in [0.3, 0.4) is 0 Å². The minimum Gasteiger partial charge on any atom is -0.467 e. The van der Waals surface area contributed by atoms with Crippen LogP contribution in [0.25, 0.3) is 0 Å². The Morgan fingerprint density at radius 1 is 1.08 bits per heavy atom. The summed E-state index contributed by atoms with van der Waals surface area (Å²) in [4.78, 5) is 0. The molecular weight excluding hydrogens is 344 g/mol. The normalized spacial score (nSPS) is 10.2. The van der Waals surface area contributed by atoms with Crippen LogP contribution in [0.2, 0.25) is 5.02 Å². The molecule has 0 aliphatic rings. The summed E-state index contributed by atoms with van der Waals surface area (Å²) < 4.78 is 11.1. The Kier molecular flexibility index (Phi) is 5.36. The number of hydrogen-bond acceptors (Lipinski definition) is 3. The molecule has 0 atom stereocenters. The molecule has 0 fully saturated rings. The summed E-state index contributed by atoms with van der Waals surface area (Å²) in [5.74, 6) is 2.16. The van der Waals surface area contributed by atoms with Crippen molar-refractivity contribution in [1.29, 1.82) is 0 Å². The van der Waals surface area contributed by atoms with E-state index in [9.17, 15) is 0 Å². The van der Waals surface area contributed by atoms with Crippen LogP contribution < -0.4 is 15.4 Å². The van der Waals surface area contributed by atoms with Crippen molar-refractivity contribution in [3.63, 3.8) is 0 Å². The van der Waals surface area contributed by atoms with Gasteiger partial charge in [0.2, 0.25) is 0 Å². The fraction of sp³-hybridized carbons (Fsp3) is 0.0556. The molecule has 1 heterocycles. The Morgan fingerprint density at radius 2 is 1.92 bits per heavy atom. The molecular formula is C18H15ClN2O2S. The van der Waals surface area contributed by atoms with Crippen LogP contribution in [0.5, 0.6) is 11.5 Å². The van der Waals surface area contributed by atoms with Crippen LogP contribution in [0.15, 0.2) is 71.3 Å². The first kappa shape index (κ1) is 16.4. The minimum atomic E-state index is 0.451. The average molecular weight is 359 g/mol. The van der Waals surface area contributed by atoms with E-state index in [1.54, 1.807) is 24.5 Å². The lowest BCUT2D eigenvalue weighted by molar-refractivity contribution is 0.485. The fourth-order valence-electron chi connectivity index (χ4n) is 2.05. The lowest BCUT2D eigenvalue weighted by atomic mass is 10.3. The van der Waals surface area contributed by atoms with Gasteiger partial charge in [-0.2, -0.15) is 0 Å². The minimum absolute atomic E-state index is 0.451. The first-order valence-corrected chi connectivity index (χ1v) is 8.09. The van der Waals surface area contributed by atoms with E-state index in [-0.39, 0.29) is 0 Å². The maximum atomic E-state index is 6.09. The second kappa shape index (κ2) is 7.86. The summed E-state index contributed by atoms with van der Waals surface area (Å²) in [6.07, 6.45) is 1.62. The number of thiocarbonyl (C=S) groups is 1. The van der Waals surface area contributed by atoms with Crippen LogP contribution in [0, 0.1) is 0 Å². The zero-order valence-corrected chi connectivity index (χ0v) is 14.2. The molecule has 0 bridgehead atoms. The Bertz CT molecular complexity index is 807. The fourth-order valence-corrected chi connectivity index (χ4v) is 2.41. The highest BCUT2D eigenvalue weighted by Gasteiger charge is 2.08. The molecule has 0 spiro atoms. The van der Waals surface area contributed by atoms with Gasteiger partial charge in [-0.05, 0) is 54.7 Å². The summed E-state index contributed by atoms with van der Waals surface area (Å²) in [5, 5.41) is 7.22. The average Bonchev–Trinajstić information content (AvgIpc) is 3.10. The lowest BCUT2D eigenvalue weighted by Crippen LogP contribution is -2.27. The van der Waals surface area contributed by atoms with Crippen molar-refractivity contribution >= 4 is 34.6 Å². The predicted molar refractivity (Wildman–Crippen MR) is 99.7 cm³/mol. The van der Waals surface area contributed by atoms with Gasteiger partial charge in [-0.25, -0.2) is 0 Å². The van der Waals surface area contributed by atoms with Crippen LogP contribution in [0.1, 0.15) is 5.76 Å². The van der Waals surface area contributed by atoms with E-state index in [1.165, 1.54) is 0 Å². The van der Waals surface area contributed by atoms with E-state index in [0.29, 0.717) is 28.1 Å². The summed E-state index contributed by atoms with van der Waals surface area (Å²) in [7, 11) is 0. The van der Waals surface area contributed by atoms with Crippen molar-refractivity contribution in [2.24, 2.45) is 0 Å². The van der Waals surface area contributed by atoms with Gasteiger partial charge in [0, 0.05) is 5.02 Å². The number of nitrogens with one attached hydrogen (secondary N) is 2. The smallest absolute Gasteiger partial charge is 0.171 e. The molecule has 0 radical (unpaired) electrons. The monoisotopic (exact) mass is 358 g/mol. The van der Waals surface area contributed by atoms with Crippen molar-refractivity contribution in [3.8, 4) is 11.5 Å².